The highest BCUT2D eigenvalue weighted by Crippen LogP contribution is 2.54. The van der Waals surface area contributed by atoms with Crippen LogP contribution in [0.1, 0.15) is 13.8 Å². The predicted octanol–water partition coefficient (Wildman–Crippen LogP) is 0.955. The van der Waals surface area contributed by atoms with Crippen molar-refractivity contribution in [3.63, 3.8) is 0 Å². The summed E-state index contributed by atoms with van der Waals surface area (Å²) in [6.45, 7) is 3.28. The standard InChI is InChI=1S/C7H11F2NO2/c1-3-12-10-6(11)5-4(2)7(5,8)9/h4-5H,3H2,1-2H3,(H,10,11). The summed E-state index contributed by atoms with van der Waals surface area (Å²) in [5.74, 6) is -5.64. The van der Waals surface area contributed by atoms with Crippen molar-refractivity contribution in [3.8, 4) is 0 Å². The van der Waals surface area contributed by atoms with Crippen LogP contribution in [0.3, 0.4) is 0 Å². The minimum atomic E-state index is -2.85. The Balaban J connectivity index is 2.37. The molecule has 0 aromatic heterocycles. The first kappa shape index (κ1) is 9.38. The molecule has 1 saturated carbocycles. The zero-order valence-electron chi connectivity index (χ0n) is 6.93. The lowest BCUT2D eigenvalue weighted by Gasteiger charge is -2.01. The van der Waals surface area contributed by atoms with Crippen LogP contribution in [0.15, 0.2) is 0 Å². The highest BCUT2D eigenvalue weighted by atomic mass is 19.3. The maximum atomic E-state index is 12.6. The Morgan fingerprint density at radius 1 is 1.67 bits per heavy atom. The lowest BCUT2D eigenvalue weighted by atomic mass is 10.3. The van der Waals surface area contributed by atoms with Crippen LogP contribution < -0.4 is 5.48 Å². The Hall–Kier alpha value is -0.710. The first-order valence-electron chi connectivity index (χ1n) is 3.81. The fourth-order valence-corrected chi connectivity index (χ4v) is 1.09. The van der Waals surface area contributed by atoms with E-state index in [4.69, 9.17) is 0 Å². The predicted molar refractivity (Wildman–Crippen MR) is 37.4 cm³/mol. The van der Waals surface area contributed by atoms with E-state index in [9.17, 15) is 13.6 Å². The second kappa shape index (κ2) is 2.97. The van der Waals surface area contributed by atoms with Crippen LogP contribution in [0.25, 0.3) is 0 Å². The Morgan fingerprint density at radius 3 is 2.50 bits per heavy atom. The Morgan fingerprint density at radius 2 is 2.17 bits per heavy atom. The quantitative estimate of drug-likeness (QED) is 0.655. The molecule has 0 bridgehead atoms. The smallest absolute Gasteiger partial charge is 0.263 e. The summed E-state index contributed by atoms with van der Waals surface area (Å²) in [6.07, 6.45) is 0. The molecule has 2 atom stereocenters. The number of alkyl halides is 2. The van der Waals surface area contributed by atoms with Gasteiger partial charge in [0, 0.05) is 5.92 Å². The average Bonchev–Trinajstić information content (AvgIpc) is 2.47. The van der Waals surface area contributed by atoms with Crippen LogP contribution in [0.5, 0.6) is 0 Å². The number of carbonyl (C=O) groups excluding carboxylic acids is 1. The van der Waals surface area contributed by atoms with Gasteiger partial charge in [0.1, 0.15) is 5.92 Å². The van der Waals surface area contributed by atoms with Crippen molar-refractivity contribution >= 4 is 5.91 Å². The van der Waals surface area contributed by atoms with Crippen LogP contribution in [-0.2, 0) is 9.63 Å². The number of amides is 1. The Bertz CT molecular complexity index is 196. The van der Waals surface area contributed by atoms with E-state index in [1.807, 2.05) is 5.48 Å². The second-order valence-corrected chi connectivity index (χ2v) is 2.84. The van der Waals surface area contributed by atoms with Gasteiger partial charge in [-0.05, 0) is 6.92 Å². The molecule has 0 spiro atoms. The van der Waals surface area contributed by atoms with Crippen LogP contribution in [0, 0.1) is 11.8 Å². The molecule has 1 aliphatic rings. The molecule has 0 heterocycles. The molecule has 1 N–H and O–H groups in total. The zero-order valence-corrected chi connectivity index (χ0v) is 6.93. The molecule has 70 valence electrons. The molecular formula is C7H11F2NO2. The molecule has 2 unspecified atom stereocenters. The molecule has 1 aliphatic carbocycles. The second-order valence-electron chi connectivity index (χ2n) is 2.84. The van der Waals surface area contributed by atoms with Crippen molar-refractivity contribution in [1.82, 2.24) is 5.48 Å². The maximum Gasteiger partial charge on any atom is 0.263 e. The van der Waals surface area contributed by atoms with Crippen molar-refractivity contribution < 1.29 is 18.4 Å². The summed E-state index contributed by atoms with van der Waals surface area (Å²) in [6, 6.07) is 0. The number of hydroxylamine groups is 1. The minimum absolute atomic E-state index is 0.276. The van der Waals surface area contributed by atoms with Crippen molar-refractivity contribution in [2.75, 3.05) is 6.61 Å². The Kier molecular flexibility index (Phi) is 2.32. The average molecular weight is 179 g/mol. The summed E-state index contributed by atoms with van der Waals surface area (Å²) in [5, 5.41) is 0. The molecule has 1 amide bonds. The van der Waals surface area contributed by atoms with Gasteiger partial charge in [-0.3, -0.25) is 9.63 Å². The summed E-state index contributed by atoms with van der Waals surface area (Å²) in [4.78, 5) is 15.4. The van der Waals surface area contributed by atoms with Crippen molar-refractivity contribution in [2.45, 2.75) is 19.8 Å². The molecular weight excluding hydrogens is 168 g/mol. The van der Waals surface area contributed by atoms with Gasteiger partial charge in [-0.15, -0.1) is 0 Å². The lowest BCUT2D eigenvalue weighted by Crippen LogP contribution is -2.27. The maximum absolute atomic E-state index is 12.6. The topological polar surface area (TPSA) is 38.3 Å². The van der Waals surface area contributed by atoms with Gasteiger partial charge in [0.2, 0.25) is 0 Å². The van der Waals surface area contributed by atoms with Crippen LogP contribution in [-0.4, -0.2) is 18.4 Å². The SMILES string of the molecule is CCONC(=O)C1C(C)C1(F)F. The van der Waals surface area contributed by atoms with E-state index in [1.165, 1.54) is 6.92 Å². The van der Waals surface area contributed by atoms with Crippen molar-refractivity contribution in [2.24, 2.45) is 11.8 Å². The van der Waals surface area contributed by atoms with E-state index >= 15 is 0 Å². The molecule has 0 radical (unpaired) electrons. The number of halogens is 2. The van der Waals surface area contributed by atoms with Gasteiger partial charge in [-0.1, -0.05) is 6.92 Å². The van der Waals surface area contributed by atoms with Gasteiger partial charge < -0.3 is 0 Å². The third-order valence-corrected chi connectivity index (χ3v) is 2.01. The van der Waals surface area contributed by atoms with E-state index in [2.05, 4.69) is 4.84 Å². The Labute approximate surface area is 69.0 Å². The molecule has 1 fully saturated rings. The lowest BCUT2D eigenvalue weighted by molar-refractivity contribution is -0.136. The molecule has 1 rings (SSSR count). The zero-order chi connectivity index (χ0) is 9.35. The van der Waals surface area contributed by atoms with E-state index in [1.54, 1.807) is 6.92 Å². The van der Waals surface area contributed by atoms with Crippen molar-refractivity contribution in [3.05, 3.63) is 0 Å². The normalized spacial score (nSPS) is 31.3. The largest absolute Gasteiger partial charge is 0.274 e. The van der Waals surface area contributed by atoms with Gasteiger partial charge in [0.25, 0.3) is 11.8 Å². The number of hydrogen-bond donors (Lipinski definition) is 1. The minimum Gasteiger partial charge on any atom is -0.274 e. The fourth-order valence-electron chi connectivity index (χ4n) is 1.09. The fraction of sp³-hybridized carbons (Fsp3) is 0.857. The number of carbonyl (C=O) groups is 1. The molecule has 3 nitrogen and oxygen atoms in total. The molecule has 0 aliphatic heterocycles. The van der Waals surface area contributed by atoms with E-state index in [0.717, 1.165) is 0 Å². The molecule has 0 aromatic rings. The van der Waals surface area contributed by atoms with E-state index in [-0.39, 0.29) is 6.61 Å². The highest BCUT2D eigenvalue weighted by Gasteiger charge is 2.69. The van der Waals surface area contributed by atoms with Gasteiger partial charge >= 0.3 is 0 Å². The first-order valence-corrected chi connectivity index (χ1v) is 3.81. The van der Waals surface area contributed by atoms with Gasteiger partial charge in [0.05, 0.1) is 6.61 Å². The van der Waals surface area contributed by atoms with Gasteiger partial charge in [0.15, 0.2) is 0 Å². The molecule has 0 saturated heterocycles. The van der Waals surface area contributed by atoms with E-state index in [0.29, 0.717) is 0 Å². The van der Waals surface area contributed by atoms with E-state index < -0.39 is 23.7 Å². The van der Waals surface area contributed by atoms with Gasteiger partial charge in [-0.25, -0.2) is 14.3 Å². The monoisotopic (exact) mass is 179 g/mol. The molecule has 0 aromatic carbocycles. The van der Waals surface area contributed by atoms with Crippen LogP contribution in [0.2, 0.25) is 0 Å². The third-order valence-electron chi connectivity index (χ3n) is 2.01. The van der Waals surface area contributed by atoms with Crippen LogP contribution >= 0.6 is 0 Å². The van der Waals surface area contributed by atoms with Gasteiger partial charge in [-0.2, -0.15) is 0 Å². The summed E-state index contributed by atoms with van der Waals surface area (Å²) >= 11 is 0. The molecule has 5 heteroatoms. The summed E-state index contributed by atoms with van der Waals surface area (Å²) < 4.78 is 25.1. The number of nitrogens with one attached hydrogen (secondary N) is 1. The molecule has 12 heavy (non-hydrogen) atoms. The summed E-state index contributed by atoms with van der Waals surface area (Å²) in [7, 11) is 0. The van der Waals surface area contributed by atoms with Crippen molar-refractivity contribution in [1.29, 1.82) is 0 Å². The first-order chi connectivity index (χ1) is 5.51. The van der Waals surface area contributed by atoms with Crippen LogP contribution in [0.4, 0.5) is 8.78 Å². The third kappa shape index (κ3) is 1.41. The number of hydrogen-bond acceptors (Lipinski definition) is 2. The number of rotatable bonds is 3. The summed E-state index contributed by atoms with van der Waals surface area (Å²) in [5.41, 5.74) is 1.96. The highest BCUT2D eigenvalue weighted by molar-refractivity contribution is 5.82.